The second-order valence-corrected chi connectivity index (χ2v) is 5.77. The van der Waals surface area contributed by atoms with Gasteiger partial charge in [-0.2, -0.15) is 0 Å². The number of rotatable bonds is 6. The number of aromatic nitrogens is 2. The van der Waals surface area contributed by atoms with E-state index in [9.17, 15) is 5.11 Å². The number of aliphatic hydroxyl groups excluding tert-OH is 1. The Labute approximate surface area is 121 Å². The van der Waals surface area contributed by atoms with E-state index in [2.05, 4.69) is 27.1 Å². The van der Waals surface area contributed by atoms with Crippen LogP contribution in [0, 0.1) is 5.41 Å². The molecular formula is C15H26N4O. The van der Waals surface area contributed by atoms with Crippen LogP contribution in [-0.4, -0.2) is 46.2 Å². The van der Waals surface area contributed by atoms with E-state index in [0.29, 0.717) is 5.95 Å². The Bertz CT molecular complexity index is 403. The topological polar surface area (TPSA) is 61.3 Å². The van der Waals surface area contributed by atoms with Gasteiger partial charge in [0.1, 0.15) is 0 Å². The maximum absolute atomic E-state index is 9.66. The van der Waals surface area contributed by atoms with E-state index in [4.69, 9.17) is 0 Å². The molecule has 2 rings (SSSR count). The molecule has 1 fully saturated rings. The summed E-state index contributed by atoms with van der Waals surface area (Å²) in [5.41, 5.74) is 1.22. The summed E-state index contributed by atoms with van der Waals surface area (Å²) in [6, 6.07) is 0. The van der Waals surface area contributed by atoms with Gasteiger partial charge in [0, 0.05) is 49.6 Å². The second kappa shape index (κ2) is 6.99. The molecule has 1 atom stereocenters. The number of likely N-dealkylation sites (tertiary alicyclic amines) is 1. The van der Waals surface area contributed by atoms with Crippen LogP contribution in [0.25, 0.3) is 0 Å². The van der Waals surface area contributed by atoms with Gasteiger partial charge < -0.3 is 10.4 Å². The van der Waals surface area contributed by atoms with E-state index in [1.165, 1.54) is 0 Å². The van der Waals surface area contributed by atoms with Crippen LogP contribution in [0.3, 0.4) is 0 Å². The van der Waals surface area contributed by atoms with Crippen molar-refractivity contribution < 1.29 is 5.11 Å². The third-order valence-corrected chi connectivity index (χ3v) is 4.27. The standard InChI is InChI=1S/C15H26N4O/c1-3-15(12-20)6-5-7-19(11-15)10-13-8-17-14(16-4-2)18-9-13/h8-9,20H,3-7,10-12H2,1-2H3,(H,16,17,18)/t15-/m0/s1. The molecule has 5 nitrogen and oxygen atoms in total. The largest absolute Gasteiger partial charge is 0.396 e. The number of piperidine rings is 1. The zero-order valence-corrected chi connectivity index (χ0v) is 12.6. The van der Waals surface area contributed by atoms with E-state index in [1.807, 2.05) is 19.3 Å². The van der Waals surface area contributed by atoms with Crippen molar-refractivity contribution in [1.29, 1.82) is 0 Å². The minimum absolute atomic E-state index is 0.0861. The van der Waals surface area contributed by atoms with Crippen LogP contribution in [0.15, 0.2) is 12.4 Å². The molecule has 1 aromatic heterocycles. The first-order valence-corrected chi connectivity index (χ1v) is 7.59. The number of nitrogens with zero attached hydrogens (tertiary/aromatic N) is 3. The molecule has 0 spiro atoms. The number of aliphatic hydroxyl groups is 1. The fourth-order valence-electron chi connectivity index (χ4n) is 2.92. The van der Waals surface area contributed by atoms with Gasteiger partial charge in [-0.15, -0.1) is 0 Å². The average Bonchev–Trinajstić information content (AvgIpc) is 2.50. The quantitative estimate of drug-likeness (QED) is 0.832. The molecule has 0 aliphatic carbocycles. The van der Waals surface area contributed by atoms with Gasteiger partial charge in [0.05, 0.1) is 0 Å². The Balaban J connectivity index is 1.95. The predicted octanol–water partition coefficient (Wildman–Crippen LogP) is 1.89. The first-order valence-electron chi connectivity index (χ1n) is 7.59. The lowest BCUT2D eigenvalue weighted by Gasteiger charge is -2.41. The molecule has 112 valence electrons. The van der Waals surface area contributed by atoms with Crippen molar-refractivity contribution in [3.05, 3.63) is 18.0 Å². The Morgan fingerprint density at radius 2 is 2.10 bits per heavy atom. The molecule has 1 aliphatic rings. The van der Waals surface area contributed by atoms with Gasteiger partial charge in [0.25, 0.3) is 0 Å². The van der Waals surface area contributed by atoms with Crippen LogP contribution in [-0.2, 0) is 6.54 Å². The number of anilines is 1. The normalized spacial score (nSPS) is 23.8. The number of hydrogen-bond donors (Lipinski definition) is 2. The van der Waals surface area contributed by atoms with Crippen LogP contribution in [0.1, 0.15) is 38.7 Å². The van der Waals surface area contributed by atoms with Crippen molar-refractivity contribution in [3.8, 4) is 0 Å². The van der Waals surface area contributed by atoms with E-state index >= 15 is 0 Å². The summed E-state index contributed by atoms with van der Waals surface area (Å²) < 4.78 is 0. The molecule has 0 unspecified atom stereocenters. The molecule has 0 aromatic carbocycles. The third kappa shape index (κ3) is 3.67. The monoisotopic (exact) mass is 278 g/mol. The van der Waals surface area contributed by atoms with E-state index in [0.717, 1.165) is 51.0 Å². The summed E-state index contributed by atoms with van der Waals surface area (Å²) in [5.74, 6) is 0.688. The molecule has 2 N–H and O–H groups in total. The van der Waals surface area contributed by atoms with Crippen LogP contribution in [0.5, 0.6) is 0 Å². The van der Waals surface area contributed by atoms with E-state index in [-0.39, 0.29) is 12.0 Å². The summed E-state index contributed by atoms with van der Waals surface area (Å²) >= 11 is 0. The second-order valence-electron chi connectivity index (χ2n) is 5.77. The summed E-state index contributed by atoms with van der Waals surface area (Å²) in [5, 5.41) is 12.8. The minimum atomic E-state index is 0.0861. The Kier molecular flexibility index (Phi) is 5.31. The van der Waals surface area contributed by atoms with Gasteiger partial charge in [0.2, 0.25) is 5.95 Å². The molecule has 0 amide bonds. The molecule has 1 aliphatic heterocycles. The van der Waals surface area contributed by atoms with Crippen molar-refractivity contribution in [2.45, 2.75) is 39.7 Å². The highest BCUT2D eigenvalue weighted by molar-refractivity contribution is 5.24. The van der Waals surface area contributed by atoms with Crippen molar-refractivity contribution in [3.63, 3.8) is 0 Å². The first-order chi connectivity index (χ1) is 9.71. The highest BCUT2D eigenvalue weighted by Crippen LogP contribution is 2.33. The smallest absolute Gasteiger partial charge is 0.222 e. The maximum Gasteiger partial charge on any atom is 0.222 e. The molecule has 1 saturated heterocycles. The van der Waals surface area contributed by atoms with Gasteiger partial charge in [-0.05, 0) is 32.7 Å². The lowest BCUT2D eigenvalue weighted by molar-refractivity contribution is 0.0257. The fraction of sp³-hybridized carbons (Fsp3) is 0.733. The minimum Gasteiger partial charge on any atom is -0.396 e. The lowest BCUT2D eigenvalue weighted by atomic mass is 9.78. The van der Waals surface area contributed by atoms with Gasteiger partial charge in [0.15, 0.2) is 0 Å². The Hall–Kier alpha value is -1.20. The van der Waals surface area contributed by atoms with E-state index in [1.54, 1.807) is 0 Å². The van der Waals surface area contributed by atoms with Crippen LogP contribution < -0.4 is 5.32 Å². The number of nitrogens with one attached hydrogen (secondary N) is 1. The molecule has 5 heteroatoms. The zero-order valence-electron chi connectivity index (χ0n) is 12.6. The maximum atomic E-state index is 9.66. The fourth-order valence-corrected chi connectivity index (χ4v) is 2.92. The highest BCUT2D eigenvalue weighted by atomic mass is 16.3. The van der Waals surface area contributed by atoms with Crippen LogP contribution in [0.2, 0.25) is 0 Å². The summed E-state index contributed by atoms with van der Waals surface area (Å²) in [7, 11) is 0. The van der Waals surface area contributed by atoms with Gasteiger partial charge in [-0.1, -0.05) is 6.92 Å². The van der Waals surface area contributed by atoms with Crippen molar-refractivity contribution in [1.82, 2.24) is 14.9 Å². The van der Waals surface area contributed by atoms with Crippen molar-refractivity contribution >= 4 is 5.95 Å². The molecule has 1 aromatic rings. The summed E-state index contributed by atoms with van der Waals surface area (Å²) in [6.45, 7) is 8.26. The molecule has 2 heterocycles. The van der Waals surface area contributed by atoms with Gasteiger partial charge in [-0.25, -0.2) is 9.97 Å². The third-order valence-electron chi connectivity index (χ3n) is 4.27. The Morgan fingerprint density at radius 1 is 1.35 bits per heavy atom. The Morgan fingerprint density at radius 3 is 2.70 bits per heavy atom. The van der Waals surface area contributed by atoms with Crippen LogP contribution >= 0.6 is 0 Å². The van der Waals surface area contributed by atoms with Crippen molar-refractivity contribution in [2.24, 2.45) is 5.41 Å². The molecule has 0 radical (unpaired) electrons. The summed E-state index contributed by atoms with van der Waals surface area (Å²) in [4.78, 5) is 11.0. The summed E-state index contributed by atoms with van der Waals surface area (Å²) in [6.07, 6.45) is 7.12. The zero-order chi connectivity index (χ0) is 14.4. The molecule has 20 heavy (non-hydrogen) atoms. The predicted molar refractivity (Wildman–Crippen MR) is 80.5 cm³/mol. The highest BCUT2D eigenvalue weighted by Gasteiger charge is 2.33. The molecular weight excluding hydrogens is 252 g/mol. The van der Waals surface area contributed by atoms with Gasteiger partial charge in [-0.3, -0.25) is 4.90 Å². The average molecular weight is 278 g/mol. The number of hydrogen-bond acceptors (Lipinski definition) is 5. The SMILES string of the molecule is CCNc1ncc(CN2CCC[C@](CC)(CO)C2)cn1. The van der Waals surface area contributed by atoms with Gasteiger partial charge >= 0.3 is 0 Å². The van der Waals surface area contributed by atoms with Crippen molar-refractivity contribution in [2.75, 3.05) is 31.6 Å². The first kappa shape index (κ1) is 15.2. The van der Waals surface area contributed by atoms with E-state index < -0.39 is 0 Å². The molecule has 0 bridgehead atoms. The molecule has 0 saturated carbocycles. The van der Waals surface area contributed by atoms with Crippen LogP contribution in [0.4, 0.5) is 5.95 Å². The lowest BCUT2D eigenvalue weighted by Crippen LogP contribution is -2.44.